The van der Waals surface area contributed by atoms with Crippen LogP contribution in [-0.4, -0.2) is 51.1 Å². The van der Waals surface area contributed by atoms with E-state index in [0.29, 0.717) is 22.0 Å². The van der Waals surface area contributed by atoms with E-state index >= 15 is 0 Å². The molecule has 0 spiro atoms. The van der Waals surface area contributed by atoms with E-state index in [-0.39, 0.29) is 31.3 Å². The highest BCUT2D eigenvalue weighted by molar-refractivity contribution is 6.34. The van der Waals surface area contributed by atoms with Crippen LogP contribution in [0.4, 0.5) is 0 Å². The molecule has 1 aliphatic heterocycles. The first-order chi connectivity index (χ1) is 21.7. The van der Waals surface area contributed by atoms with Gasteiger partial charge < -0.3 is 15.5 Å². The SMILES string of the molecule is CC1CCN(C(Cc2cccc3ccccc23)C(N)=O)C(=O)C(c2cc(Cl)cc(Cl)c2)N1C(=O)Cc1ccc2ncccc2c1. The smallest absolute Gasteiger partial charge is 0.250 e. The van der Waals surface area contributed by atoms with Crippen LogP contribution in [0.2, 0.25) is 10.0 Å². The van der Waals surface area contributed by atoms with Crippen LogP contribution in [0, 0.1) is 0 Å². The van der Waals surface area contributed by atoms with Gasteiger partial charge in [-0.1, -0.05) is 77.8 Å². The Labute approximate surface area is 271 Å². The minimum atomic E-state index is -1.07. The van der Waals surface area contributed by atoms with E-state index in [0.717, 1.165) is 32.8 Å². The summed E-state index contributed by atoms with van der Waals surface area (Å²) < 4.78 is 0. The highest BCUT2D eigenvalue weighted by atomic mass is 35.5. The normalized spacial score (nSPS) is 17.8. The second-order valence-corrected chi connectivity index (χ2v) is 12.4. The fraction of sp³-hybridized carbons (Fsp3) is 0.222. The molecule has 9 heteroatoms. The lowest BCUT2D eigenvalue weighted by molar-refractivity contribution is -0.148. The van der Waals surface area contributed by atoms with E-state index in [9.17, 15) is 14.4 Å². The number of pyridine rings is 1. The third-order valence-corrected chi connectivity index (χ3v) is 9.00. The van der Waals surface area contributed by atoms with Crippen molar-refractivity contribution in [2.24, 2.45) is 5.73 Å². The lowest BCUT2D eigenvalue weighted by atomic mass is 9.96. The van der Waals surface area contributed by atoms with E-state index in [1.807, 2.05) is 79.7 Å². The fourth-order valence-electron chi connectivity index (χ4n) is 6.39. The molecule has 45 heavy (non-hydrogen) atoms. The molecule has 1 aromatic heterocycles. The number of nitrogens with zero attached hydrogens (tertiary/aromatic N) is 3. The van der Waals surface area contributed by atoms with Gasteiger partial charge in [0.1, 0.15) is 12.1 Å². The highest BCUT2D eigenvalue weighted by Crippen LogP contribution is 2.35. The van der Waals surface area contributed by atoms with Gasteiger partial charge in [-0.25, -0.2) is 0 Å². The predicted molar refractivity (Wildman–Crippen MR) is 178 cm³/mol. The summed E-state index contributed by atoms with van der Waals surface area (Å²) >= 11 is 12.9. The maximum Gasteiger partial charge on any atom is 0.250 e. The maximum absolute atomic E-state index is 14.7. The van der Waals surface area contributed by atoms with Gasteiger partial charge in [0.15, 0.2) is 0 Å². The van der Waals surface area contributed by atoms with Crippen LogP contribution in [0.25, 0.3) is 21.7 Å². The van der Waals surface area contributed by atoms with Crippen molar-refractivity contribution in [2.45, 2.75) is 44.3 Å². The Balaban J connectivity index is 1.39. The van der Waals surface area contributed by atoms with Gasteiger partial charge >= 0.3 is 0 Å². The van der Waals surface area contributed by atoms with Gasteiger partial charge in [-0.05, 0) is 77.2 Å². The molecular weight excluding hydrogens is 607 g/mol. The number of carbonyl (C=O) groups is 3. The van der Waals surface area contributed by atoms with Gasteiger partial charge in [0, 0.05) is 40.6 Å². The molecule has 2 heterocycles. The molecular formula is C36H32Cl2N4O3. The molecule has 2 N–H and O–H groups in total. The minimum absolute atomic E-state index is 0.0719. The summed E-state index contributed by atoms with van der Waals surface area (Å²) in [5, 5.41) is 3.62. The van der Waals surface area contributed by atoms with E-state index in [2.05, 4.69) is 4.98 Å². The topological polar surface area (TPSA) is 96.6 Å². The van der Waals surface area contributed by atoms with Crippen molar-refractivity contribution in [3.8, 4) is 0 Å². The summed E-state index contributed by atoms with van der Waals surface area (Å²) in [5.74, 6) is -1.25. The average molecular weight is 640 g/mol. The number of carbonyl (C=O) groups excluding carboxylic acids is 3. The first kappa shape index (κ1) is 30.6. The van der Waals surface area contributed by atoms with E-state index < -0.39 is 23.9 Å². The third-order valence-electron chi connectivity index (χ3n) is 8.57. The molecule has 7 nitrogen and oxygen atoms in total. The summed E-state index contributed by atoms with van der Waals surface area (Å²) in [6.07, 6.45) is 2.48. The number of aromatic nitrogens is 1. The molecule has 228 valence electrons. The van der Waals surface area contributed by atoms with E-state index in [1.54, 1.807) is 29.3 Å². The van der Waals surface area contributed by atoms with Crippen LogP contribution >= 0.6 is 23.2 Å². The Bertz CT molecular complexity index is 1900. The largest absolute Gasteiger partial charge is 0.368 e. The molecule has 3 amide bonds. The van der Waals surface area contributed by atoms with Crippen molar-refractivity contribution in [2.75, 3.05) is 6.54 Å². The second kappa shape index (κ2) is 12.9. The lowest BCUT2D eigenvalue weighted by Gasteiger charge is -2.36. The first-order valence-corrected chi connectivity index (χ1v) is 15.6. The Morgan fingerprint density at radius 1 is 0.933 bits per heavy atom. The molecule has 0 saturated carbocycles. The maximum atomic E-state index is 14.7. The van der Waals surface area contributed by atoms with Crippen LogP contribution in [0.15, 0.2) is 97.2 Å². The number of hydrogen-bond donors (Lipinski definition) is 1. The van der Waals surface area contributed by atoms with Crippen molar-refractivity contribution in [1.82, 2.24) is 14.8 Å². The molecule has 0 radical (unpaired) electrons. The quantitative estimate of drug-likeness (QED) is 0.219. The van der Waals surface area contributed by atoms with Crippen LogP contribution in [0.5, 0.6) is 0 Å². The predicted octanol–water partition coefficient (Wildman–Crippen LogP) is 6.52. The van der Waals surface area contributed by atoms with Crippen LogP contribution < -0.4 is 5.73 Å². The van der Waals surface area contributed by atoms with Crippen molar-refractivity contribution < 1.29 is 14.4 Å². The summed E-state index contributed by atoms with van der Waals surface area (Å²) in [7, 11) is 0. The van der Waals surface area contributed by atoms with Gasteiger partial charge in [-0.3, -0.25) is 19.4 Å². The van der Waals surface area contributed by atoms with Gasteiger partial charge in [-0.15, -0.1) is 0 Å². The Morgan fingerprint density at radius 2 is 1.67 bits per heavy atom. The van der Waals surface area contributed by atoms with Gasteiger partial charge in [0.05, 0.1) is 11.9 Å². The Hall–Kier alpha value is -4.46. The summed E-state index contributed by atoms with van der Waals surface area (Å²) in [4.78, 5) is 49.5. The molecule has 5 aromatic rings. The highest BCUT2D eigenvalue weighted by Gasteiger charge is 2.43. The number of benzene rings is 4. The molecule has 6 rings (SSSR count). The number of rotatable bonds is 7. The molecule has 1 aliphatic rings. The fourth-order valence-corrected chi connectivity index (χ4v) is 6.93. The molecule has 4 aromatic carbocycles. The number of nitrogens with two attached hydrogens (primary N) is 1. The first-order valence-electron chi connectivity index (χ1n) is 14.9. The molecule has 3 unspecified atom stereocenters. The van der Waals surface area contributed by atoms with Crippen LogP contribution in [-0.2, 0) is 27.2 Å². The van der Waals surface area contributed by atoms with Crippen LogP contribution in [0.1, 0.15) is 36.1 Å². The van der Waals surface area contributed by atoms with E-state index in [1.165, 1.54) is 4.90 Å². The van der Waals surface area contributed by atoms with Crippen molar-refractivity contribution in [3.63, 3.8) is 0 Å². The number of hydrogen-bond acceptors (Lipinski definition) is 4. The third kappa shape index (κ3) is 6.37. The number of amides is 3. The summed E-state index contributed by atoms with van der Waals surface area (Å²) in [6, 6.07) is 25.8. The number of halogens is 2. The molecule has 0 bridgehead atoms. The zero-order valence-corrected chi connectivity index (χ0v) is 26.2. The molecule has 3 atom stereocenters. The monoisotopic (exact) mass is 638 g/mol. The van der Waals surface area contributed by atoms with Crippen molar-refractivity contribution in [1.29, 1.82) is 0 Å². The summed E-state index contributed by atoms with van der Waals surface area (Å²) in [5.41, 5.74) is 9.03. The lowest BCUT2D eigenvalue weighted by Crippen LogP contribution is -2.52. The Morgan fingerprint density at radius 3 is 2.44 bits per heavy atom. The number of primary amides is 1. The molecule has 1 saturated heterocycles. The zero-order chi connectivity index (χ0) is 31.7. The second-order valence-electron chi connectivity index (χ2n) is 11.5. The van der Waals surface area contributed by atoms with Crippen LogP contribution in [0.3, 0.4) is 0 Å². The summed E-state index contributed by atoms with van der Waals surface area (Å²) in [6.45, 7) is 2.16. The van der Waals surface area contributed by atoms with E-state index in [4.69, 9.17) is 28.9 Å². The molecule has 0 aliphatic carbocycles. The minimum Gasteiger partial charge on any atom is -0.368 e. The standard InChI is InChI=1S/C36H32Cl2N4O3/c1-22-13-15-41(32(35(39)44)20-25-8-4-7-24-6-2-3-10-30(24)25)36(45)34(27-18-28(37)21-29(38)19-27)42(22)33(43)17-23-11-12-31-26(16-23)9-5-14-40-31/h2-12,14,16,18-19,21-22,32,34H,13,15,17,20H2,1H3,(H2,39,44). The van der Waals surface area contributed by atoms with Crippen molar-refractivity contribution >= 4 is 62.6 Å². The zero-order valence-electron chi connectivity index (χ0n) is 24.7. The van der Waals surface area contributed by atoms with Gasteiger partial charge in [0.25, 0.3) is 5.91 Å². The van der Waals surface area contributed by atoms with Gasteiger partial charge in [-0.2, -0.15) is 0 Å². The Kier molecular flexibility index (Phi) is 8.74. The molecule has 1 fully saturated rings. The number of fused-ring (bicyclic) bond motifs is 2. The van der Waals surface area contributed by atoms with Crippen molar-refractivity contribution in [3.05, 3.63) is 124 Å². The average Bonchev–Trinajstić information content (AvgIpc) is 3.14. The van der Waals surface area contributed by atoms with Gasteiger partial charge in [0.2, 0.25) is 11.8 Å².